The van der Waals surface area contributed by atoms with Crippen LogP contribution in [0.1, 0.15) is 25.0 Å². The number of benzene rings is 1. The number of nitriles is 1. The summed E-state index contributed by atoms with van der Waals surface area (Å²) < 4.78 is 0. The number of aryl methyl sites for hydroxylation is 1. The van der Waals surface area contributed by atoms with Crippen molar-refractivity contribution in [3.8, 4) is 6.07 Å². The summed E-state index contributed by atoms with van der Waals surface area (Å²) in [6.45, 7) is 5.94. The van der Waals surface area contributed by atoms with Crippen LogP contribution in [-0.2, 0) is 0 Å². The molecule has 0 N–H and O–H groups in total. The summed E-state index contributed by atoms with van der Waals surface area (Å²) in [4.78, 5) is 0. The lowest BCUT2D eigenvalue weighted by molar-refractivity contribution is 1.43. The summed E-state index contributed by atoms with van der Waals surface area (Å²) in [7, 11) is 0. The van der Waals surface area contributed by atoms with Crippen molar-refractivity contribution < 1.29 is 0 Å². The van der Waals surface area contributed by atoms with E-state index in [1.165, 1.54) is 0 Å². The van der Waals surface area contributed by atoms with Gasteiger partial charge in [-0.3, -0.25) is 0 Å². The highest BCUT2D eigenvalue weighted by molar-refractivity contribution is 6.31. The van der Waals surface area contributed by atoms with Crippen LogP contribution in [0.5, 0.6) is 0 Å². The quantitative estimate of drug-likeness (QED) is 0.601. The fourth-order valence-corrected chi connectivity index (χ4v) is 0.988. The molecule has 0 heterocycles. The van der Waals surface area contributed by atoms with Gasteiger partial charge in [-0.05, 0) is 24.6 Å². The van der Waals surface area contributed by atoms with Crippen LogP contribution in [0.3, 0.4) is 0 Å². The van der Waals surface area contributed by atoms with Crippen LogP contribution >= 0.6 is 11.6 Å². The molecule has 1 aromatic carbocycles. The standard InChI is InChI=1S/C8H6ClN.C2H6/c1-6-2-3-7(5-10)8(9)4-6;1-2/h2-4H,1H3;1-2H3. The molecule has 12 heavy (non-hydrogen) atoms. The van der Waals surface area contributed by atoms with Crippen molar-refractivity contribution in [3.63, 3.8) is 0 Å². The largest absolute Gasteiger partial charge is 0.192 e. The SMILES string of the molecule is CC.Cc1ccc(C#N)c(Cl)c1. The van der Waals surface area contributed by atoms with Crippen molar-refractivity contribution in [2.45, 2.75) is 20.8 Å². The first-order chi connectivity index (χ1) is 5.74. The lowest BCUT2D eigenvalue weighted by Crippen LogP contribution is -1.77. The predicted molar refractivity (Wildman–Crippen MR) is 52.3 cm³/mol. The predicted octanol–water partition coefficient (Wildman–Crippen LogP) is 3.55. The molecule has 0 bridgehead atoms. The molecular weight excluding hydrogens is 170 g/mol. The topological polar surface area (TPSA) is 23.8 Å². The molecule has 0 aliphatic carbocycles. The fraction of sp³-hybridized carbons (Fsp3) is 0.300. The Bertz CT molecular complexity index is 286. The van der Waals surface area contributed by atoms with E-state index in [0.29, 0.717) is 10.6 Å². The van der Waals surface area contributed by atoms with Crippen LogP contribution in [-0.4, -0.2) is 0 Å². The molecule has 0 saturated carbocycles. The smallest absolute Gasteiger partial charge is 0.101 e. The average molecular weight is 182 g/mol. The van der Waals surface area contributed by atoms with Crippen molar-refractivity contribution in [1.82, 2.24) is 0 Å². The normalized spacial score (nSPS) is 7.92. The molecule has 0 aromatic heterocycles. The Morgan fingerprint density at radius 3 is 2.33 bits per heavy atom. The van der Waals surface area contributed by atoms with Gasteiger partial charge in [0.2, 0.25) is 0 Å². The molecule has 0 saturated heterocycles. The lowest BCUT2D eigenvalue weighted by Gasteiger charge is -1.94. The first kappa shape index (κ1) is 11.0. The summed E-state index contributed by atoms with van der Waals surface area (Å²) in [5.41, 5.74) is 1.61. The van der Waals surface area contributed by atoms with Crippen molar-refractivity contribution in [3.05, 3.63) is 34.3 Å². The molecule has 1 aromatic rings. The zero-order chi connectivity index (χ0) is 9.56. The van der Waals surface area contributed by atoms with Gasteiger partial charge in [0.05, 0.1) is 10.6 Å². The molecule has 0 radical (unpaired) electrons. The first-order valence-electron chi connectivity index (χ1n) is 3.90. The van der Waals surface area contributed by atoms with E-state index in [-0.39, 0.29) is 0 Å². The molecule has 0 aliphatic heterocycles. The van der Waals surface area contributed by atoms with Crippen LogP contribution in [0.25, 0.3) is 0 Å². The second-order valence-corrected chi connectivity index (χ2v) is 2.50. The summed E-state index contributed by atoms with van der Waals surface area (Å²) in [5, 5.41) is 9.00. The minimum atomic E-state index is 0.530. The highest BCUT2D eigenvalue weighted by Crippen LogP contribution is 2.15. The molecule has 0 atom stereocenters. The Kier molecular flexibility index (Phi) is 5.16. The number of nitrogens with zero attached hydrogens (tertiary/aromatic N) is 1. The number of halogens is 1. The number of hydrogen-bond acceptors (Lipinski definition) is 1. The van der Waals surface area contributed by atoms with Crippen LogP contribution < -0.4 is 0 Å². The van der Waals surface area contributed by atoms with Gasteiger partial charge in [0.25, 0.3) is 0 Å². The van der Waals surface area contributed by atoms with Crippen LogP contribution in [0.2, 0.25) is 5.02 Å². The molecule has 0 spiro atoms. The fourth-order valence-electron chi connectivity index (χ4n) is 0.711. The van der Waals surface area contributed by atoms with Crippen LogP contribution in [0.4, 0.5) is 0 Å². The molecule has 1 nitrogen and oxygen atoms in total. The molecule has 0 unspecified atom stereocenters. The molecule has 0 amide bonds. The van der Waals surface area contributed by atoms with Gasteiger partial charge in [0.15, 0.2) is 0 Å². The monoisotopic (exact) mass is 181 g/mol. The lowest BCUT2D eigenvalue weighted by atomic mass is 10.2. The van der Waals surface area contributed by atoms with Gasteiger partial charge in [-0.1, -0.05) is 31.5 Å². The first-order valence-corrected chi connectivity index (χ1v) is 4.28. The van der Waals surface area contributed by atoms with Gasteiger partial charge in [-0.25, -0.2) is 0 Å². The van der Waals surface area contributed by atoms with Gasteiger partial charge >= 0.3 is 0 Å². The Balaban J connectivity index is 0.000000561. The third-order valence-electron chi connectivity index (χ3n) is 1.25. The van der Waals surface area contributed by atoms with Crippen LogP contribution in [0.15, 0.2) is 18.2 Å². The highest BCUT2D eigenvalue weighted by atomic mass is 35.5. The maximum absolute atomic E-state index is 8.47. The van der Waals surface area contributed by atoms with Gasteiger partial charge in [0.1, 0.15) is 6.07 Å². The molecule has 1 rings (SSSR count). The van der Waals surface area contributed by atoms with E-state index in [1.807, 2.05) is 32.9 Å². The summed E-state index contributed by atoms with van der Waals surface area (Å²) in [6, 6.07) is 7.35. The maximum atomic E-state index is 8.47. The Hall–Kier alpha value is -1.00. The molecule has 2 heteroatoms. The number of rotatable bonds is 0. The Morgan fingerprint density at radius 1 is 1.33 bits per heavy atom. The molecule has 0 aliphatic rings. The van der Waals surface area contributed by atoms with Gasteiger partial charge < -0.3 is 0 Å². The van der Waals surface area contributed by atoms with E-state index in [4.69, 9.17) is 16.9 Å². The average Bonchev–Trinajstić information content (AvgIpc) is 2.08. The van der Waals surface area contributed by atoms with Gasteiger partial charge in [-0.2, -0.15) is 5.26 Å². The highest BCUT2D eigenvalue weighted by Gasteiger charge is 1.96. The summed E-state index contributed by atoms with van der Waals surface area (Å²) in [5.74, 6) is 0. The molecule has 0 fully saturated rings. The van der Waals surface area contributed by atoms with Crippen molar-refractivity contribution >= 4 is 11.6 Å². The zero-order valence-electron chi connectivity index (χ0n) is 7.56. The minimum Gasteiger partial charge on any atom is -0.192 e. The van der Waals surface area contributed by atoms with E-state index in [1.54, 1.807) is 12.1 Å². The van der Waals surface area contributed by atoms with Gasteiger partial charge in [-0.15, -0.1) is 0 Å². The van der Waals surface area contributed by atoms with E-state index in [2.05, 4.69) is 0 Å². The Morgan fingerprint density at radius 2 is 1.92 bits per heavy atom. The minimum absolute atomic E-state index is 0.530. The third-order valence-corrected chi connectivity index (χ3v) is 1.56. The third kappa shape index (κ3) is 2.94. The van der Waals surface area contributed by atoms with Crippen molar-refractivity contribution in [2.75, 3.05) is 0 Å². The zero-order valence-corrected chi connectivity index (χ0v) is 8.31. The molecular formula is C10H12ClN. The summed E-state index contributed by atoms with van der Waals surface area (Å²) >= 11 is 5.71. The molecule has 64 valence electrons. The van der Waals surface area contributed by atoms with Crippen LogP contribution in [0, 0.1) is 18.3 Å². The van der Waals surface area contributed by atoms with E-state index in [9.17, 15) is 0 Å². The maximum Gasteiger partial charge on any atom is 0.101 e. The van der Waals surface area contributed by atoms with Gasteiger partial charge in [0, 0.05) is 0 Å². The summed E-state index contributed by atoms with van der Waals surface area (Å²) in [6.07, 6.45) is 0. The van der Waals surface area contributed by atoms with Crippen molar-refractivity contribution in [1.29, 1.82) is 5.26 Å². The van der Waals surface area contributed by atoms with E-state index >= 15 is 0 Å². The van der Waals surface area contributed by atoms with E-state index in [0.717, 1.165) is 5.56 Å². The second kappa shape index (κ2) is 5.62. The Labute approximate surface area is 78.6 Å². The second-order valence-electron chi connectivity index (χ2n) is 2.10. The number of hydrogen-bond donors (Lipinski definition) is 0. The van der Waals surface area contributed by atoms with E-state index < -0.39 is 0 Å². The van der Waals surface area contributed by atoms with Crippen molar-refractivity contribution in [2.24, 2.45) is 0 Å².